The number of aryl methyl sites for hydroxylation is 1. The van der Waals surface area contributed by atoms with E-state index in [0.29, 0.717) is 23.0 Å². The van der Waals surface area contributed by atoms with E-state index in [1.807, 2.05) is 6.92 Å². The molecular formula is C21H13FN6O3S. The summed E-state index contributed by atoms with van der Waals surface area (Å²) in [4.78, 5) is 20.5. The fourth-order valence-electron chi connectivity index (χ4n) is 3.20. The number of nitrogens with one attached hydrogen (secondary N) is 1. The first-order chi connectivity index (χ1) is 15.5. The van der Waals surface area contributed by atoms with Gasteiger partial charge < -0.3 is 9.73 Å². The number of hydrogen-bond acceptors (Lipinski definition) is 9. The Morgan fingerprint density at radius 3 is 2.47 bits per heavy atom. The molecule has 0 saturated heterocycles. The third-order valence-corrected chi connectivity index (χ3v) is 5.97. The van der Waals surface area contributed by atoms with Gasteiger partial charge in [0.15, 0.2) is 0 Å². The van der Waals surface area contributed by atoms with Gasteiger partial charge >= 0.3 is 0 Å². The summed E-state index contributed by atoms with van der Waals surface area (Å²) in [7, 11) is 0. The molecule has 0 bridgehead atoms. The Morgan fingerprint density at radius 1 is 1.03 bits per heavy atom. The zero-order valence-electron chi connectivity index (χ0n) is 16.4. The second-order valence-corrected chi connectivity index (χ2v) is 7.81. The SMILES string of the molecule is Cc1c(-c2nnc(-c3ccc([N+](=O)[O-])cc3)o2)sc2ncnc(Nc3ccc(F)cc3)c12. The number of nitro benzene ring substituents is 1. The van der Waals surface area contributed by atoms with Crippen LogP contribution in [-0.4, -0.2) is 25.1 Å². The Hall–Kier alpha value is -4.25. The molecule has 0 unspecified atom stereocenters. The highest BCUT2D eigenvalue weighted by molar-refractivity contribution is 7.22. The van der Waals surface area contributed by atoms with Gasteiger partial charge in [-0.05, 0) is 48.9 Å². The van der Waals surface area contributed by atoms with Gasteiger partial charge in [-0.15, -0.1) is 21.5 Å². The van der Waals surface area contributed by atoms with Crippen LogP contribution in [0.1, 0.15) is 5.56 Å². The van der Waals surface area contributed by atoms with Crippen LogP contribution in [0, 0.1) is 22.9 Å². The molecule has 1 N–H and O–H groups in total. The van der Waals surface area contributed by atoms with Gasteiger partial charge in [0.1, 0.15) is 22.8 Å². The van der Waals surface area contributed by atoms with E-state index < -0.39 is 4.92 Å². The molecule has 158 valence electrons. The second kappa shape index (κ2) is 7.78. The molecule has 32 heavy (non-hydrogen) atoms. The van der Waals surface area contributed by atoms with Crippen LogP contribution in [0.15, 0.2) is 59.3 Å². The molecule has 9 nitrogen and oxygen atoms in total. The number of fused-ring (bicyclic) bond motifs is 1. The van der Waals surface area contributed by atoms with Crippen LogP contribution < -0.4 is 5.32 Å². The highest BCUT2D eigenvalue weighted by atomic mass is 32.1. The van der Waals surface area contributed by atoms with Gasteiger partial charge in [0.2, 0.25) is 5.89 Å². The molecule has 0 spiro atoms. The average molecular weight is 448 g/mol. The first-order valence-electron chi connectivity index (χ1n) is 9.35. The van der Waals surface area contributed by atoms with Gasteiger partial charge in [0, 0.05) is 23.4 Å². The number of nitrogens with zero attached hydrogens (tertiary/aromatic N) is 5. The maximum absolute atomic E-state index is 13.2. The number of rotatable bonds is 5. The Labute approximate surface area is 183 Å². The van der Waals surface area contributed by atoms with Gasteiger partial charge in [0.05, 0.1) is 15.2 Å². The van der Waals surface area contributed by atoms with E-state index in [2.05, 4.69) is 25.5 Å². The number of aromatic nitrogens is 4. The van der Waals surface area contributed by atoms with Crippen LogP contribution in [0.4, 0.5) is 21.6 Å². The Morgan fingerprint density at radius 2 is 1.75 bits per heavy atom. The van der Waals surface area contributed by atoms with E-state index in [4.69, 9.17) is 4.42 Å². The molecule has 5 rings (SSSR count). The van der Waals surface area contributed by atoms with Crippen molar-refractivity contribution in [1.82, 2.24) is 20.2 Å². The summed E-state index contributed by atoms with van der Waals surface area (Å²) in [5.41, 5.74) is 2.10. The van der Waals surface area contributed by atoms with Crippen molar-refractivity contribution in [3.8, 4) is 22.2 Å². The standard InChI is InChI=1S/C21H13FN6O3S/c1-11-16-18(25-14-6-4-13(22)5-7-14)23-10-24-21(16)32-17(11)20-27-26-19(31-20)12-2-8-15(9-3-12)28(29)30/h2-10H,1H3,(H,23,24,25). The van der Waals surface area contributed by atoms with Crippen LogP contribution in [0.3, 0.4) is 0 Å². The van der Waals surface area contributed by atoms with Crippen LogP contribution in [0.25, 0.3) is 32.4 Å². The highest BCUT2D eigenvalue weighted by Crippen LogP contribution is 2.40. The van der Waals surface area contributed by atoms with Crippen molar-refractivity contribution in [2.24, 2.45) is 0 Å². The van der Waals surface area contributed by atoms with E-state index in [9.17, 15) is 14.5 Å². The monoisotopic (exact) mass is 448 g/mol. The molecule has 0 radical (unpaired) electrons. The number of hydrogen-bond donors (Lipinski definition) is 1. The average Bonchev–Trinajstić information content (AvgIpc) is 3.41. The smallest absolute Gasteiger partial charge is 0.269 e. The number of anilines is 2. The first-order valence-corrected chi connectivity index (χ1v) is 10.2. The Balaban J connectivity index is 1.51. The maximum atomic E-state index is 13.2. The van der Waals surface area contributed by atoms with Crippen molar-refractivity contribution in [3.63, 3.8) is 0 Å². The summed E-state index contributed by atoms with van der Waals surface area (Å²) in [5, 5.41) is 23.1. The van der Waals surface area contributed by atoms with Crippen molar-refractivity contribution in [1.29, 1.82) is 0 Å². The van der Waals surface area contributed by atoms with E-state index in [-0.39, 0.29) is 17.4 Å². The van der Waals surface area contributed by atoms with Crippen molar-refractivity contribution < 1.29 is 13.7 Å². The van der Waals surface area contributed by atoms with E-state index >= 15 is 0 Å². The molecule has 5 aromatic rings. The lowest BCUT2D eigenvalue weighted by Crippen LogP contribution is -1.95. The topological polar surface area (TPSA) is 120 Å². The summed E-state index contributed by atoms with van der Waals surface area (Å²) in [6.45, 7) is 1.91. The normalized spacial score (nSPS) is 11.1. The van der Waals surface area contributed by atoms with E-state index in [1.165, 1.54) is 41.9 Å². The second-order valence-electron chi connectivity index (χ2n) is 6.81. The number of thiophene rings is 1. The lowest BCUT2D eigenvalue weighted by molar-refractivity contribution is -0.384. The lowest BCUT2D eigenvalue weighted by Gasteiger charge is -2.07. The molecule has 0 amide bonds. The van der Waals surface area contributed by atoms with E-state index in [0.717, 1.165) is 20.7 Å². The van der Waals surface area contributed by atoms with Crippen molar-refractivity contribution in [2.45, 2.75) is 6.92 Å². The number of non-ortho nitro benzene ring substituents is 1. The molecule has 11 heteroatoms. The maximum Gasteiger partial charge on any atom is 0.269 e. The van der Waals surface area contributed by atoms with Crippen LogP contribution in [0.5, 0.6) is 0 Å². The summed E-state index contributed by atoms with van der Waals surface area (Å²) in [6.07, 6.45) is 1.45. The highest BCUT2D eigenvalue weighted by Gasteiger charge is 2.20. The molecule has 0 fully saturated rings. The zero-order valence-corrected chi connectivity index (χ0v) is 17.3. The van der Waals surface area contributed by atoms with Gasteiger partial charge in [-0.3, -0.25) is 10.1 Å². The van der Waals surface area contributed by atoms with Gasteiger partial charge in [-0.25, -0.2) is 14.4 Å². The molecule has 3 heterocycles. The molecule has 2 aromatic carbocycles. The third kappa shape index (κ3) is 3.54. The number of halogens is 1. The zero-order chi connectivity index (χ0) is 22.2. The molecular weight excluding hydrogens is 435 g/mol. The first kappa shape index (κ1) is 19.7. The predicted octanol–water partition coefficient (Wildman–Crippen LogP) is 5.51. The van der Waals surface area contributed by atoms with E-state index in [1.54, 1.807) is 24.3 Å². The summed E-state index contributed by atoms with van der Waals surface area (Å²) < 4.78 is 19.1. The Kier molecular flexibility index (Phi) is 4.79. The fourth-order valence-corrected chi connectivity index (χ4v) is 4.27. The Bertz CT molecular complexity index is 1450. The molecule has 0 atom stereocenters. The lowest BCUT2D eigenvalue weighted by atomic mass is 10.2. The summed E-state index contributed by atoms with van der Waals surface area (Å²) >= 11 is 1.38. The largest absolute Gasteiger partial charge is 0.415 e. The third-order valence-electron chi connectivity index (χ3n) is 4.78. The van der Waals surface area contributed by atoms with Gasteiger partial charge in [-0.2, -0.15) is 0 Å². The minimum Gasteiger partial charge on any atom is -0.415 e. The molecule has 0 aliphatic carbocycles. The summed E-state index contributed by atoms with van der Waals surface area (Å²) in [5.74, 6) is 0.823. The van der Waals surface area contributed by atoms with Gasteiger partial charge in [0.25, 0.3) is 11.6 Å². The molecule has 0 aliphatic heterocycles. The van der Waals surface area contributed by atoms with Crippen molar-refractivity contribution in [3.05, 3.63) is 76.4 Å². The molecule has 0 saturated carbocycles. The van der Waals surface area contributed by atoms with Crippen molar-refractivity contribution in [2.75, 3.05) is 5.32 Å². The number of nitro groups is 1. The van der Waals surface area contributed by atoms with Crippen LogP contribution >= 0.6 is 11.3 Å². The predicted molar refractivity (Wildman–Crippen MR) is 117 cm³/mol. The van der Waals surface area contributed by atoms with Crippen LogP contribution in [0.2, 0.25) is 0 Å². The quantitative estimate of drug-likeness (QED) is 0.276. The number of benzene rings is 2. The molecule has 0 aliphatic rings. The molecule has 3 aromatic heterocycles. The van der Waals surface area contributed by atoms with Crippen LogP contribution in [-0.2, 0) is 0 Å². The van der Waals surface area contributed by atoms with Crippen molar-refractivity contribution >= 4 is 38.7 Å². The van der Waals surface area contributed by atoms with Gasteiger partial charge in [-0.1, -0.05) is 0 Å². The fraction of sp³-hybridized carbons (Fsp3) is 0.0476. The minimum absolute atomic E-state index is 0.0198. The summed E-state index contributed by atoms with van der Waals surface area (Å²) in [6, 6.07) is 11.9. The minimum atomic E-state index is -0.470.